The number of rotatable bonds is 4. The Bertz CT molecular complexity index is 609. The minimum Gasteiger partial charge on any atom is -0.324 e. The number of halogens is 1. The number of hydrogen-bond donors (Lipinski definition) is 1. The summed E-state index contributed by atoms with van der Waals surface area (Å²) in [5.41, 5.74) is 0.252. The van der Waals surface area contributed by atoms with Gasteiger partial charge in [-0.15, -0.1) is 0 Å². The number of hydrogen-bond acceptors (Lipinski definition) is 4. The lowest BCUT2D eigenvalue weighted by Crippen LogP contribution is -2.18. The van der Waals surface area contributed by atoms with Gasteiger partial charge in [-0.2, -0.15) is 5.10 Å². The number of aromatic nitrogens is 2. The maximum Gasteiger partial charge on any atom is 0.307 e. The third kappa shape index (κ3) is 3.35. The Morgan fingerprint density at radius 1 is 1.42 bits per heavy atom. The summed E-state index contributed by atoms with van der Waals surface area (Å²) in [6.45, 7) is -0.161. The van der Waals surface area contributed by atoms with Gasteiger partial charge in [-0.3, -0.25) is 19.6 Å². The molecule has 1 heterocycles. The minimum absolute atomic E-state index is 0.161. The number of nitrogens with zero attached hydrogens (tertiary/aromatic N) is 3. The molecule has 1 amide bonds. The first-order valence-corrected chi connectivity index (χ1v) is 5.27. The van der Waals surface area contributed by atoms with Crippen molar-refractivity contribution in [2.24, 2.45) is 0 Å². The van der Waals surface area contributed by atoms with E-state index in [0.717, 1.165) is 17.1 Å². The van der Waals surface area contributed by atoms with Crippen LogP contribution in [-0.4, -0.2) is 20.6 Å². The van der Waals surface area contributed by atoms with Crippen LogP contribution < -0.4 is 5.32 Å². The molecule has 7 nitrogen and oxygen atoms in total. The van der Waals surface area contributed by atoms with Crippen molar-refractivity contribution in [3.8, 4) is 0 Å². The van der Waals surface area contributed by atoms with E-state index in [1.165, 1.54) is 24.3 Å². The molecule has 0 saturated carbocycles. The molecule has 1 aromatic carbocycles. The van der Waals surface area contributed by atoms with Gasteiger partial charge in [-0.25, -0.2) is 4.39 Å². The number of amides is 1. The summed E-state index contributed by atoms with van der Waals surface area (Å²) >= 11 is 0. The van der Waals surface area contributed by atoms with Crippen LogP contribution in [0.2, 0.25) is 0 Å². The number of carbonyl (C=O) groups excluding carboxylic acids is 1. The Hall–Kier alpha value is -2.77. The molecule has 2 aromatic rings. The summed E-state index contributed by atoms with van der Waals surface area (Å²) in [4.78, 5) is 21.5. The molecular weight excluding hydrogens is 255 g/mol. The lowest BCUT2D eigenvalue weighted by molar-refractivity contribution is -0.385. The van der Waals surface area contributed by atoms with Crippen molar-refractivity contribution in [3.63, 3.8) is 0 Å². The fourth-order valence-corrected chi connectivity index (χ4v) is 1.41. The molecule has 1 aromatic heterocycles. The highest BCUT2D eigenvalue weighted by Gasteiger charge is 2.11. The van der Waals surface area contributed by atoms with E-state index in [-0.39, 0.29) is 12.2 Å². The first-order valence-electron chi connectivity index (χ1n) is 5.27. The molecule has 2 rings (SSSR count). The largest absolute Gasteiger partial charge is 0.324 e. The van der Waals surface area contributed by atoms with Gasteiger partial charge in [-0.05, 0) is 24.3 Å². The summed E-state index contributed by atoms with van der Waals surface area (Å²) < 4.78 is 13.8. The van der Waals surface area contributed by atoms with E-state index in [1.54, 1.807) is 0 Å². The van der Waals surface area contributed by atoms with E-state index in [4.69, 9.17) is 0 Å². The molecule has 0 radical (unpaired) electrons. The third-order valence-electron chi connectivity index (χ3n) is 2.26. The van der Waals surface area contributed by atoms with Crippen molar-refractivity contribution in [2.45, 2.75) is 6.54 Å². The molecule has 1 N–H and O–H groups in total. The Morgan fingerprint density at radius 2 is 2.11 bits per heavy atom. The van der Waals surface area contributed by atoms with Crippen molar-refractivity contribution in [2.75, 3.05) is 5.32 Å². The highest BCUT2D eigenvalue weighted by molar-refractivity contribution is 5.90. The Balaban J connectivity index is 1.97. The monoisotopic (exact) mass is 264 g/mol. The SMILES string of the molecule is O=C(Cn1cc([N+](=O)[O-])cn1)Nc1ccc(F)cc1. The van der Waals surface area contributed by atoms with Crippen LogP contribution in [0.5, 0.6) is 0 Å². The molecule has 19 heavy (non-hydrogen) atoms. The third-order valence-corrected chi connectivity index (χ3v) is 2.26. The maximum absolute atomic E-state index is 12.7. The highest BCUT2D eigenvalue weighted by Crippen LogP contribution is 2.10. The molecule has 0 fully saturated rings. The smallest absolute Gasteiger partial charge is 0.307 e. The molecular formula is C11H9FN4O3. The first kappa shape index (κ1) is 12.7. The van der Waals surface area contributed by atoms with Gasteiger partial charge in [0.2, 0.25) is 5.91 Å². The van der Waals surface area contributed by atoms with Crippen molar-refractivity contribution in [1.82, 2.24) is 9.78 Å². The average Bonchev–Trinajstić information content (AvgIpc) is 2.80. The van der Waals surface area contributed by atoms with E-state index in [0.29, 0.717) is 5.69 Å². The molecule has 98 valence electrons. The number of benzene rings is 1. The topological polar surface area (TPSA) is 90.1 Å². The van der Waals surface area contributed by atoms with Crippen molar-refractivity contribution < 1.29 is 14.1 Å². The molecule has 0 spiro atoms. The number of carbonyl (C=O) groups is 1. The van der Waals surface area contributed by atoms with Gasteiger partial charge < -0.3 is 5.32 Å². The van der Waals surface area contributed by atoms with Crippen LogP contribution in [0.1, 0.15) is 0 Å². The van der Waals surface area contributed by atoms with Crippen LogP contribution in [0.4, 0.5) is 15.8 Å². The van der Waals surface area contributed by atoms with Crippen LogP contribution in [0.25, 0.3) is 0 Å². The van der Waals surface area contributed by atoms with Crippen molar-refractivity contribution in [3.05, 3.63) is 52.6 Å². The first-order chi connectivity index (χ1) is 9.04. The maximum atomic E-state index is 12.7. The standard InChI is InChI=1S/C11H9FN4O3/c12-8-1-3-9(4-2-8)14-11(17)7-15-6-10(5-13-15)16(18)19/h1-6H,7H2,(H,14,17). The summed E-state index contributed by atoms with van der Waals surface area (Å²) in [6.07, 6.45) is 2.22. The van der Waals surface area contributed by atoms with Crippen LogP contribution in [-0.2, 0) is 11.3 Å². The normalized spacial score (nSPS) is 10.2. The van der Waals surface area contributed by atoms with Gasteiger partial charge >= 0.3 is 5.69 Å². The average molecular weight is 264 g/mol. The van der Waals surface area contributed by atoms with Gasteiger partial charge in [0.05, 0.1) is 4.92 Å². The van der Waals surface area contributed by atoms with Gasteiger partial charge in [-0.1, -0.05) is 0 Å². The molecule has 0 unspecified atom stereocenters. The fourth-order valence-electron chi connectivity index (χ4n) is 1.41. The summed E-state index contributed by atoms with van der Waals surface area (Å²) in [7, 11) is 0. The molecule has 0 aliphatic heterocycles. The van der Waals surface area contributed by atoms with Gasteiger partial charge in [0.1, 0.15) is 24.8 Å². The second kappa shape index (κ2) is 5.25. The van der Waals surface area contributed by atoms with Crippen LogP contribution in [0.15, 0.2) is 36.7 Å². The van der Waals surface area contributed by atoms with E-state index in [1.807, 2.05) is 0 Å². The quantitative estimate of drug-likeness (QED) is 0.670. The zero-order chi connectivity index (χ0) is 13.8. The Labute approximate surface area is 106 Å². The molecule has 0 atom stereocenters. The molecule has 0 bridgehead atoms. The van der Waals surface area contributed by atoms with E-state index in [2.05, 4.69) is 10.4 Å². The molecule has 0 aliphatic rings. The summed E-state index contributed by atoms with van der Waals surface area (Å²) in [5, 5.41) is 16.6. The zero-order valence-electron chi connectivity index (χ0n) is 9.62. The number of nitrogens with one attached hydrogen (secondary N) is 1. The lowest BCUT2D eigenvalue weighted by atomic mass is 10.3. The summed E-state index contributed by atoms with van der Waals surface area (Å²) in [5.74, 6) is -0.815. The predicted molar refractivity (Wildman–Crippen MR) is 63.9 cm³/mol. The van der Waals surface area contributed by atoms with E-state index >= 15 is 0 Å². The lowest BCUT2D eigenvalue weighted by Gasteiger charge is -2.04. The zero-order valence-corrected chi connectivity index (χ0v) is 9.62. The highest BCUT2D eigenvalue weighted by atomic mass is 19.1. The van der Waals surface area contributed by atoms with Crippen molar-refractivity contribution >= 4 is 17.3 Å². The minimum atomic E-state index is -0.596. The van der Waals surface area contributed by atoms with E-state index < -0.39 is 16.6 Å². The van der Waals surface area contributed by atoms with Crippen LogP contribution >= 0.6 is 0 Å². The Kier molecular flexibility index (Phi) is 3.51. The second-order valence-corrected chi connectivity index (χ2v) is 3.71. The molecule has 0 saturated heterocycles. The Morgan fingerprint density at radius 3 is 2.68 bits per heavy atom. The number of nitro groups is 1. The summed E-state index contributed by atoms with van der Waals surface area (Å²) in [6, 6.07) is 5.26. The van der Waals surface area contributed by atoms with Crippen LogP contribution in [0, 0.1) is 15.9 Å². The second-order valence-electron chi connectivity index (χ2n) is 3.71. The van der Waals surface area contributed by atoms with Gasteiger partial charge in [0.15, 0.2) is 0 Å². The molecule has 8 heteroatoms. The van der Waals surface area contributed by atoms with Gasteiger partial charge in [0.25, 0.3) is 0 Å². The van der Waals surface area contributed by atoms with Gasteiger partial charge in [0, 0.05) is 5.69 Å². The van der Waals surface area contributed by atoms with Crippen molar-refractivity contribution in [1.29, 1.82) is 0 Å². The predicted octanol–water partition coefficient (Wildman–Crippen LogP) is 1.57. The van der Waals surface area contributed by atoms with E-state index in [9.17, 15) is 19.3 Å². The van der Waals surface area contributed by atoms with Crippen LogP contribution in [0.3, 0.4) is 0 Å². The molecule has 0 aliphatic carbocycles. The fraction of sp³-hybridized carbons (Fsp3) is 0.0909. The number of anilines is 1.